The predicted octanol–water partition coefficient (Wildman–Crippen LogP) is 5.73. The second-order valence-corrected chi connectivity index (χ2v) is 13.0. The number of phenolic OH excluding ortho intramolecular Hbond substituents is 1. The van der Waals surface area contributed by atoms with Gasteiger partial charge in [-0.05, 0) is 66.2 Å². The minimum Gasteiger partial charge on any atom is -0.507 e. The number of sulfonamides is 1. The minimum atomic E-state index is -4.06. The molecule has 4 N–H and O–H groups in total. The van der Waals surface area contributed by atoms with Gasteiger partial charge in [-0.25, -0.2) is 17.8 Å². The maximum absolute atomic E-state index is 15.7. The summed E-state index contributed by atoms with van der Waals surface area (Å²) >= 11 is 0. The number of phenols is 1. The summed E-state index contributed by atoms with van der Waals surface area (Å²) in [5.74, 6) is -0.373. The first-order valence-electron chi connectivity index (χ1n) is 14.3. The number of hydrogen-bond acceptors (Lipinski definition) is 9. The van der Waals surface area contributed by atoms with Crippen molar-refractivity contribution >= 4 is 33.3 Å². The number of amides is 2. The number of rotatable bonds is 11. The standard InChI is InChI=1S/C33H31FN6O6S/c1-20(41)36-28-13-7-11-26(37-28)32-38-30(39-46-32)21-14-16-24(17-15-21)47(44,45)40-23-9-6-8-22(18-23)29(34)33(2,3)19-35-31(43)25-10-4-5-12-27(25)42/h4-18,29,40,42H,19H2,1-3H3,(H,35,43)(H,36,37,41). The van der Waals surface area contributed by atoms with Crippen LogP contribution < -0.4 is 15.4 Å². The Hall–Kier alpha value is -5.63. The molecule has 242 valence electrons. The van der Waals surface area contributed by atoms with Crippen LogP contribution in [0.4, 0.5) is 15.9 Å². The maximum Gasteiger partial charge on any atom is 0.276 e. The van der Waals surface area contributed by atoms with Gasteiger partial charge in [-0.2, -0.15) is 4.98 Å². The van der Waals surface area contributed by atoms with Gasteiger partial charge in [0.2, 0.25) is 11.7 Å². The van der Waals surface area contributed by atoms with Crippen molar-refractivity contribution in [3.8, 4) is 28.7 Å². The molecule has 1 atom stereocenters. The number of carbonyl (C=O) groups excluding carboxylic acids is 2. The van der Waals surface area contributed by atoms with Gasteiger partial charge in [-0.1, -0.05) is 49.3 Å². The van der Waals surface area contributed by atoms with E-state index in [2.05, 4.69) is 30.5 Å². The van der Waals surface area contributed by atoms with Crippen LogP contribution in [0.2, 0.25) is 0 Å². The minimum absolute atomic E-state index is 0.0501. The molecule has 0 aliphatic rings. The Bertz CT molecular complexity index is 2030. The monoisotopic (exact) mass is 658 g/mol. The summed E-state index contributed by atoms with van der Waals surface area (Å²) in [5, 5.41) is 19.1. The second-order valence-electron chi connectivity index (χ2n) is 11.3. The molecule has 12 nitrogen and oxygen atoms in total. The van der Waals surface area contributed by atoms with Crippen LogP contribution in [0.15, 0.2) is 100 Å². The molecule has 2 amide bonds. The molecule has 2 heterocycles. The normalized spacial score (nSPS) is 12.3. The summed E-state index contributed by atoms with van der Waals surface area (Å²) < 4.78 is 50.0. The molecule has 0 radical (unpaired) electrons. The smallest absolute Gasteiger partial charge is 0.276 e. The maximum atomic E-state index is 15.7. The number of pyridine rings is 1. The Morgan fingerprint density at radius 2 is 1.68 bits per heavy atom. The van der Waals surface area contributed by atoms with Gasteiger partial charge in [0, 0.05) is 30.1 Å². The van der Waals surface area contributed by atoms with E-state index in [1.165, 1.54) is 67.6 Å². The highest BCUT2D eigenvalue weighted by molar-refractivity contribution is 7.92. The third-order valence-corrected chi connectivity index (χ3v) is 8.49. The van der Waals surface area contributed by atoms with Crippen LogP contribution in [0.1, 0.15) is 42.9 Å². The first kappa shape index (κ1) is 32.8. The summed E-state index contributed by atoms with van der Waals surface area (Å²) in [6.07, 6.45) is -1.57. The lowest BCUT2D eigenvalue weighted by atomic mass is 9.83. The van der Waals surface area contributed by atoms with Crippen LogP contribution in [0.5, 0.6) is 5.75 Å². The largest absolute Gasteiger partial charge is 0.507 e. The van der Waals surface area contributed by atoms with Gasteiger partial charge in [0.15, 0.2) is 0 Å². The van der Waals surface area contributed by atoms with E-state index in [1.807, 2.05) is 0 Å². The molecule has 0 spiro atoms. The highest BCUT2D eigenvalue weighted by atomic mass is 32.2. The van der Waals surface area contributed by atoms with Gasteiger partial charge in [0.1, 0.15) is 23.4 Å². The highest BCUT2D eigenvalue weighted by Crippen LogP contribution is 2.37. The molecule has 0 fully saturated rings. The number of nitrogens with zero attached hydrogens (tertiary/aromatic N) is 3. The fourth-order valence-corrected chi connectivity index (χ4v) is 5.66. The summed E-state index contributed by atoms with van der Waals surface area (Å²) in [7, 11) is -4.06. The van der Waals surface area contributed by atoms with Crippen molar-refractivity contribution in [3.63, 3.8) is 0 Å². The fraction of sp³-hybridized carbons (Fsp3) is 0.182. The SMILES string of the molecule is CC(=O)Nc1cccc(-c2nc(-c3ccc(S(=O)(=O)Nc4cccc(C(F)C(C)(C)CNC(=O)c5ccccc5O)c4)cc3)no2)n1. The second kappa shape index (κ2) is 13.4. The van der Waals surface area contributed by atoms with Gasteiger partial charge in [0.05, 0.1) is 10.5 Å². The summed E-state index contributed by atoms with van der Waals surface area (Å²) in [6, 6.07) is 22.8. The van der Waals surface area contributed by atoms with E-state index in [9.17, 15) is 23.1 Å². The van der Waals surface area contributed by atoms with E-state index in [1.54, 1.807) is 44.2 Å². The number of carbonyl (C=O) groups is 2. The fourth-order valence-electron chi connectivity index (χ4n) is 4.62. The number of anilines is 2. The average Bonchev–Trinajstić information content (AvgIpc) is 3.54. The van der Waals surface area contributed by atoms with Crippen LogP contribution in [-0.4, -0.2) is 47.0 Å². The van der Waals surface area contributed by atoms with Gasteiger partial charge in [-0.3, -0.25) is 14.3 Å². The zero-order valence-corrected chi connectivity index (χ0v) is 26.4. The molecular formula is C33H31FN6O6S. The first-order valence-corrected chi connectivity index (χ1v) is 15.8. The van der Waals surface area contributed by atoms with Crippen LogP contribution in [-0.2, 0) is 14.8 Å². The lowest BCUT2D eigenvalue weighted by Crippen LogP contribution is -2.36. The van der Waals surface area contributed by atoms with Crippen molar-refractivity contribution in [2.75, 3.05) is 16.6 Å². The van der Waals surface area contributed by atoms with Gasteiger partial charge in [-0.15, -0.1) is 0 Å². The Balaban J connectivity index is 1.25. The Morgan fingerprint density at radius 3 is 2.40 bits per heavy atom. The number of benzene rings is 3. The number of hydrogen-bond donors (Lipinski definition) is 4. The lowest BCUT2D eigenvalue weighted by molar-refractivity contribution is -0.114. The molecule has 3 aromatic carbocycles. The summed E-state index contributed by atoms with van der Waals surface area (Å²) in [4.78, 5) is 32.4. The van der Waals surface area contributed by atoms with E-state index in [0.29, 0.717) is 17.1 Å². The van der Waals surface area contributed by atoms with Crippen molar-refractivity contribution < 1.29 is 32.0 Å². The van der Waals surface area contributed by atoms with E-state index < -0.39 is 27.5 Å². The molecular weight excluding hydrogens is 627 g/mol. The van der Waals surface area contributed by atoms with Gasteiger partial charge < -0.3 is 20.3 Å². The van der Waals surface area contributed by atoms with Crippen LogP contribution in [0.25, 0.3) is 23.0 Å². The zero-order chi connectivity index (χ0) is 33.8. The highest BCUT2D eigenvalue weighted by Gasteiger charge is 2.32. The number of halogens is 1. The predicted molar refractivity (Wildman–Crippen MR) is 173 cm³/mol. The molecule has 0 aliphatic carbocycles. The molecule has 2 aromatic heterocycles. The number of nitrogens with one attached hydrogen (secondary N) is 3. The third-order valence-electron chi connectivity index (χ3n) is 7.09. The van der Waals surface area contributed by atoms with Crippen LogP contribution in [0.3, 0.4) is 0 Å². The molecule has 0 aliphatic heterocycles. The van der Waals surface area contributed by atoms with E-state index in [4.69, 9.17) is 4.52 Å². The van der Waals surface area contributed by atoms with Gasteiger partial charge in [0.25, 0.3) is 21.8 Å². The van der Waals surface area contributed by atoms with E-state index in [-0.39, 0.29) is 51.6 Å². The van der Waals surface area contributed by atoms with E-state index >= 15 is 4.39 Å². The molecule has 14 heteroatoms. The van der Waals surface area contributed by atoms with Crippen LogP contribution >= 0.6 is 0 Å². The Kier molecular flexibility index (Phi) is 9.33. The Labute approximate surface area is 270 Å². The quantitative estimate of drug-likeness (QED) is 0.138. The van der Waals surface area contributed by atoms with Crippen molar-refractivity contribution in [1.29, 1.82) is 0 Å². The molecule has 47 heavy (non-hydrogen) atoms. The van der Waals surface area contributed by atoms with Crippen molar-refractivity contribution in [3.05, 3.63) is 102 Å². The number of aromatic nitrogens is 3. The van der Waals surface area contributed by atoms with Crippen molar-refractivity contribution in [2.24, 2.45) is 5.41 Å². The molecule has 0 bridgehead atoms. The molecule has 0 saturated carbocycles. The third kappa shape index (κ3) is 7.79. The number of aromatic hydroxyl groups is 1. The lowest BCUT2D eigenvalue weighted by Gasteiger charge is -2.29. The van der Waals surface area contributed by atoms with Crippen molar-refractivity contribution in [2.45, 2.75) is 31.8 Å². The first-order chi connectivity index (χ1) is 22.3. The topological polar surface area (TPSA) is 176 Å². The number of para-hydroxylation sites is 1. The zero-order valence-electron chi connectivity index (χ0n) is 25.6. The summed E-state index contributed by atoms with van der Waals surface area (Å²) in [5.41, 5.74) is 0.195. The Morgan fingerprint density at radius 1 is 0.957 bits per heavy atom. The van der Waals surface area contributed by atoms with Crippen molar-refractivity contribution in [1.82, 2.24) is 20.4 Å². The molecule has 5 aromatic rings. The number of alkyl halides is 1. The van der Waals surface area contributed by atoms with Crippen LogP contribution in [0, 0.1) is 5.41 Å². The molecule has 0 saturated heterocycles. The average molecular weight is 659 g/mol. The molecule has 1 unspecified atom stereocenters. The molecule has 5 rings (SSSR count). The van der Waals surface area contributed by atoms with Gasteiger partial charge >= 0.3 is 0 Å². The summed E-state index contributed by atoms with van der Waals surface area (Å²) in [6.45, 7) is 4.58. The van der Waals surface area contributed by atoms with E-state index in [0.717, 1.165) is 0 Å².